The minimum Gasteiger partial charge on any atom is -0.395 e. The van der Waals surface area contributed by atoms with E-state index in [1.165, 1.54) is 11.1 Å². The highest BCUT2D eigenvalue weighted by Crippen LogP contribution is 2.43. The second kappa shape index (κ2) is 13.5. The number of nitrogens with two attached hydrogens (primary N) is 2. The molecule has 2 heterocycles. The Kier molecular flexibility index (Phi) is 9.78. The van der Waals surface area contributed by atoms with E-state index in [-0.39, 0.29) is 42.0 Å². The van der Waals surface area contributed by atoms with Crippen molar-refractivity contribution < 1.29 is 14.7 Å². The van der Waals surface area contributed by atoms with Gasteiger partial charge >= 0.3 is 0 Å². The zero-order valence-corrected chi connectivity index (χ0v) is 26.2. The second-order valence-corrected chi connectivity index (χ2v) is 13.3. The Balaban J connectivity index is 1.32. The largest absolute Gasteiger partial charge is 0.395 e. The normalized spacial score (nSPS) is 24.3. The first-order valence-electron chi connectivity index (χ1n) is 15.9. The van der Waals surface area contributed by atoms with Crippen LogP contribution < -0.4 is 27.0 Å². The quantitative estimate of drug-likeness (QED) is 0.289. The van der Waals surface area contributed by atoms with Gasteiger partial charge in [-0.15, -0.1) is 0 Å². The number of hydrogen-bond donors (Lipinski definition) is 5. The van der Waals surface area contributed by atoms with Crippen molar-refractivity contribution in [1.29, 1.82) is 0 Å². The fraction of sp³-hybridized carbons (Fsp3) is 0.486. The van der Waals surface area contributed by atoms with Crippen molar-refractivity contribution in [2.45, 2.75) is 83.1 Å². The lowest BCUT2D eigenvalue weighted by atomic mass is 9.86. The first-order valence-corrected chi connectivity index (χ1v) is 15.9. The van der Waals surface area contributed by atoms with Gasteiger partial charge in [-0.3, -0.25) is 9.59 Å². The molecule has 1 aliphatic carbocycles. The molecule has 3 aliphatic rings. The number of carbonyl (C=O) groups excluding carboxylic acids is 2. The molecule has 0 bridgehead atoms. The molecule has 5 rings (SSSR count). The van der Waals surface area contributed by atoms with Gasteiger partial charge in [-0.1, -0.05) is 51.1 Å². The van der Waals surface area contributed by atoms with E-state index in [4.69, 9.17) is 11.5 Å². The molecule has 5 atom stereocenters. The van der Waals surface area contributed by atoms with Gasteiger partial charge in [0.1, 0.15) is 6.04 Å². The highest BCUT2D eigenvalue weighted by molar-refractivity contribution is 5.98. The van der Waals surface area contributed by atoms with Crippen molar-refractivity contribution in [1.82, 2.24) is 4.90 Å². The minimum atomic E-state index is -0.655. The Morgan fingerprint density at radius 2 is 1.68 bits per heavy atom. The number of nitrogens with one attached hydrogen (secondary N) is 2. The van der Waals surface area contributed by atoms with Gasteiger partial charge in [0.2, 0.25) is 11.8 Å². The van der Waals surface area contributed by atoms with Crippen molar-refractivity contribution in [2.75, 3.05) is 35.2 Å². The molecule has 2 amide bonds. The van der Waals surface area contributed by atoms with Crippen LogP contribution in [0.5, 0.6) is 0 Å². The molecule has 0 spiro atoms. The van der Waals surface area contributed by atoms with Gasteiger partial charge in [-0.05, 0) is 85.1 Å². The first kappa shape index (κ1) is 31.8. The first-order chi connectivity index (χ1) is 21.1. The molecule has 44 heavy (non-hydrogen) atoms. The van der Waals surface area contributed by atoms with Crippen LogP contribution in [0, 0.1) is 5.41 Å². The van der Waals surface area contributed by atoms with Crippen molar-refractivity contribution in [2.24, 2.45) is 16.9 Å². The lowest BCUT2D eigenvalue weighted by Crippen LogP contribution is -2.54. The van der Waals surface area contributed by atoms with Crippen LogP contribution in [0.25, 0.3) is 0 Å². The third-order valence-corrected chi connectivity index (χ3v) is 9.14. The highest BCUT2D eigenvalue weighted by Gasteiger charge is 2.40. The summed E-state index contributed by atoms with van der Waals surface area (Å²) >= 11 is 0. The summed E-state index contributed by atoms with van der Waals surface area (Å²) in [5.41, 5.74) is 17.3. The molecule has 0 saturated carbocycles. The van der Waals surface area contributed by atoms with Crippen LogP contribution in [-0.4, -0.2) is 65.7 Å². The van der Waals surface area contributed by atoms with Gasteiger partial charge in [0.05, 0.1) is 24.7 Å². The number of rotatable bonds is 9. The molecule has 9 nitrogen and oxygen atoms in total. The maximum atomic E-state index is 13.3. The van der Waals surface area contributed by atoms with Crippen molar-refractivity contribution in [3.05, 3.63) is 77.9 Å². The number of aliphatic hydroxyl groups is 1. The SMILES string of the molecule is CC(C)(C)[C@H](N)C(=O)N1CCC[C@H]1C(=O)Nc1ccc([C@H]2CC[C@H](C3=CCC(N)C=C3)N2c2ccc(NCCO)cc2)cc1. The predicted molar refractivity (Wildman–Crippen MR) is 177 cm³/mol. The van der Waals surface area contributed by atoms with Crippen LogP contribution in [0.1, 0.15) is 64.5 Å². The van der Waals surface area contributed by atoms with Gasteiger partial charge in [0, 0.05) is 36.2 Å². The fourth-order valence-corrected chi connectivity index (χ4v) is 6.54. The van der Waals surface area contributed by atoms with E-state index < -0.39 is 12.1 Å². The Bertz CT molecular complexity index is 1360. The van der Waals surface area contributed by atoms with Gasteiger partial charge in [0.25, 0.3) is 0 Å². The summed E-state index contributed by atoms with van der Waals surface area (Å²) in [7, 11) is 0. The number of hydrogen-bond acceptors (Lipinski definition) is 7. The van der Waals surface area contributed by atoms with E-state index in [0.29, 0.717) is 25.2 Å². The van der Waals surface area contributed by atoms with Crippen LogP contribution in [0.3, 0.4) is 0 Å². The monoisotopic (exact) mass is 600 g/mol. The summed E-state index contributed by atoms with van der Waals surface area (Å²) in [5.74, 6) is -0.333. The molecule has 9 heteroatoms. The van der Waals surface area contributed by atoms with Crippen molar-refractivity contribution in [3.63, 3.8) is 0 Å². The van der Waals surface area contributed by atoms with Crippen LogP contribution >= 0.6 is 0 Å². The van der Waals surface area contributed by atoms with Gasteiger partial charge in [0.15, 0.2) is 0 Å². The maximum Gasteiger partial charge on any atom is 0.247 e. The molecule has 236 valence electrons. The van der Waals surface area contributed by atoms with Gasteiger partial charge in [-0.2, -0.15) is 0 Å². The zero-order chi connectivity index (χ0) is 31.4. The topological polar surface area (TPSA) is 137 Å². The van der Waals surface area contributed by atoms with Crippen molar-refractivity contribution >= 4 is 28.9 Å². The summed E-state index contributed by atoms with van der Waals surface area (Å²) in [6.07, 6.45) is 10.8. The Hall–Kier alpha value is -3.66. The molecular formula is C35H48N6O3. The molecule has 2 aromatic carbocycles. The van der Waals surface area contributed by atoms with Gasteiger partial charge in [-0.25, -0.2) is 0 Å². The number of amides is 2. The summed E-state index contributed by atoms with van der Waals surface area (Å²) < 4.78 is 0. The van der Waals surface area contributed by atoms with Crippen LogP contribution in [0.15, 0.2) is 72.3 Å². The zero-order valence-electron chi connectivity index (χ0n) is 26.2. The van der Waals surface area contributed by atoms with Crippen LogP contribution in [0.2, 0.25) is 0 Å². The van der Waals surface area contributed by atoms with Crippen LogP contribution in [0.4, 0.5) is 17.1 Å². The standard InChI is InChI=1S/C35H48N6O3/c1-35(2,3)32(37)34(44)40-21-4-5-31(40)33(43)39-27-12-8-24(9-13-27)30-19-18-29(23-6-10-25(36)11-7-23)41(30)28-16-14-26(15-17-28)38-20-22-42/h6-10,12-17,25,29-32,38,42H,4-5,11,18-22,36-37H2,1-3H3,(H,39,43)/t25?,29-,30-,31+,32-/m1/s1. The molecule has 2 fully saturated rings. The van der Waals surface area contributed by atoms with E-state index >= 15 is 0 Å². The Morgan fingerprint density at radius 1 is 1.00 bits per heavy atom. The average molecular weight is 601 g/mol. The number of likely N-dealkylation sites (tertiary alicyclic amines) is 1. The number of anilines is 3. The molecule has 2 saturated heterocycles. The molecule has 0 radical (unpaired) electrons. The molecule has 1 unspecified atom stereocenters. The summed E-state index contributed by atoms with van der Waals surface area (Å²) in [6.45, 7) is 6.97. The third-order valence-electron chi connectivity index (χ3n) is 9.14. The molecule has 2 aromatic rings. The van der Waals surface area contributed by atoms with Gasteiger partial charge < -0.3 is 37.0 Å². The molecular weight excluding hydrogens is 552 g/mol. The smallest absolute Gasteiger partial charge is 0.247 e. The molecule has 2 aliphatic heterocycles. The predicted octanol–water partition coefficient (Wildman–Crippen LogP) is 4.32. The maximum absolute atomic E-state index is 13.3. The Morgan fingerprint density at radius 3 is 2.32 bits per heavy atom. The molecule has 7 N–H and O–H groups in total. The summed E-state index contributed by atoms with van der Waals surface area (Å²) in [5, 5.41) is 15.5. The van der Waals surface area contributed by atoms with Crippen LogP contribution in [-0.2, 0) is 9.59 Å². The highest BCUT2D eigenvalue weighted by atomic mass is 16.3. The molecule has 0 aromatic heterocycles. The lowest BCUT2D eigenvalue weighted by Gasteiger charge is -2.34. The Labute approximate surface area is 261 Å². The fourth-order valence-electron chi connectivity index (χ4n) is 6.54. The number of benzene rings is 2. The number of aliphatic hydroxyl groups excluding tert-OH is 1. The van der Waals surface area contributed by atoms with E-state index in [2.05, 4.69) is 70.2 Å². The number of carbonyl (C=O) groups is 2. The minimum absolute atomic E-state index is 0.0636. The van der Waals surface area contributed by atoms with Crippen molar-refractivity contribution in [3.8, 4) is 0 Å². The number of nitrogens with zero attached hydrogens (tertiary/aromatic N) is 2. The summed E-state index contributed by atoms with van der Waals surface area (Å²) in [4.78, 5) is 30.6. The summed E-state index contributed by atoms with van der Waals surface area (Å²) in [6, 6.07) is 15.8. The lowest BCUT2D eigenvalue weighted by molar-refractivity contribution is -0.139. The van der Waals surface area contributed by atoms with E-state index in [1.807, 2.05) is 32.9 Å². The van der Waals surface area contributed by atoms with E-state index in [9.17, 15) is 14.7 Å². The van der Waals surface area contributed by atoms with E-state index in [1.54, 1.807) is 4.90 Å². The van der Waals surface area contributed by atoms with E-state index in [0.717, 1.165) is 37.1 Å². The second-order valence-electron chi connectivity index (χ2n) is 13.3. The third kappa shape index (κ3) is 7.01. The average Bonchev–Trinajstić information content (AvgIpc) is 3.68.